The number of fused-ring (bicyclic) bond motifs is 3. The molecular weight excluding hydrogens is 390 g/mol. The third kappa shape index (κ3) is 2.24. The van der Waals surface area contributed by atoms with Crippen LogP contribution in [-0.4, -0.2) is 33.2 Å². The third-order valence-electron chi connectivity index (χ3n) is 8.89. The molecule has 0 radical (unpaired) electrons. The molecule has 2 aliphatic heterocycles. The van der Waals surface area contributed by atoms with Gasteiger partial charge in [0, 0.05) is 29.9 Å². The van der Waals surface area contributed by atoms with Crippen LogP contribution in [0.3, 0.4) is 0 Å². The summed E-state index contributed by atoms with van der Waals surface area (Å²) < 4.78 is 6.98. The van der Waals surface area contributed by atoms with Crippen LogP contribution in [-0.2, 0) is 13.0 Å². The number of carbonyl (C=O) groups is 1. The van der Waals surface area contributed by atoms with Crippen molar-refractivity contribution < 1.29 is 19.7 Å². The Kier molecular flexibility index (Phi) is 3.91. The van der Waals surface area contributed by atoms with E-state index in [0.717, 1.165) is 36.1 Å². The minimum atomic E-state index is -0.654. The van der Waals surface area contributed by atoms with Gasteiger partial charge in [0.25, 0.3) is 5.91 Å². The van der Waals surface area contributed by atoms with Crippen LogP contribution in [0.5, 0.6) is 11.5 Å². The number of amides is 1. The number of benzene rings is 1. The van der Waals surface area contributed by atoms with E-state index in [1.54, 1.807) is 6.07 Å². The van der Waals surface area contributed by atoms with Gasteiger partial charge < -0.3 is 20.3 Å². The highest BCUT2D eigenvalue weighted by molar-refractivity contribution is 6.21. The van der Waals surface area contributed by atoms with Crippen molar-refractivity contribution in [3.05, 3.63) is 22.8 Å². The van der Waals surface area contributed by atoms with Crippen LogP contribution in [0, 0.1) is 22.7 Å². The van der Waals surface area contributed by atoms with Crippen LogP contribution in [0.2, 0.25) is 0 Å². The van der Waals surface area contributed by atoms with Crippen LogP contribution in [0.25, 0.3) is 0 Å². The molecule has 1 aromatic rings. The molecule has 29 heavy (non-hydrogen) atoms. The highest BCUT2D eigenvalue weighted by atomic mass is 35.5. The molecule has 6 heteroatoms. The maximum atomic E-state index is 12.3. The fourth-order valence-electron chi connectivity index (χ4n) is 7.07. The van der Waals surface area contributed by atoms with E-state index < -0.39 is 11.7 Å². The van der Waals surface area contributed by atoms with Gasteiger partial charge in [0.15, 0.2) is 0 Å². The van der Waals surface area contributed by atoms with Gasteiger partial charge in [-0.05, 0) is 42.2 Å². The van der Waals surface area contributed by atoms with Gasteiger partial charge in [-0.15, -0.1) is 11.6 Å². The second-order valence-electron chi connectivity index (χ2n) is 10.5. The zero-order valence-electron chi connectivity index (χ0n) is 17.5. The molecule has 2 aliphatic carbocycles. The zero-order valence-corrected chi connectivity index (χ0v) is 18.3. The number of phenolic OH excluding ortho intramolecular Hbond substituents is 1. The average Bonchev–Trinajstić information content (AvgIpc) is 3.03. The van der Waals surface area contributed by atoms with Gasteiger partial charge in [0.2, 0.25) is 0 Å². The fourth-order valence-corrected chi connectivity index (χ4v) is 7.31. The Morgan fingerprint density at radius 2 is 2.00 bits per heavy atom. The number of aromatic hydroxyl groups is 1. The molecule has 5 nitrogen and oxygen atoms in total. The quantitative estimate of drug-likeness (QED) is 0.559. The van der Waals surface area contributed by atoms with E-state index in [2.05, 4.69) is 33.0 Å². The normalized spacial score (nSPS) is 42.1. The first-order chi connectivity index (χ1) is 13.5. The van der Waals surface area contributed by atoms with Crippen molar-refractivity contribution in [2.45, 2.75) is 77.0 Å². The van der Waals surface area contributed by atoms with Gasteiger partial charge in [-0.2, -0.15) is 0 Å². The standard InChI is InChI=1S/C23H30ClNO4/c1-11-5-6-16-21(2,3)19(24)15(27)9-23(16)22(11,4)8-12-7-14(26)17-13(18(12)29-23)10-25-20(17)28/h7,11,15-16,19,26-27H,5-6,8-10H2,1-4H3,(H,25,28)/t11-,15?,16-,19?,22+,23-/m0/s1. The number of ether oxygens (including phenoxy) is 1. The monoisotopic (exact) mass is 419 g/mol. The second kappa shape index (κ2) is 5.82. The van der Waals surface area contributed by atoms with Crippen molar-refractivity contribution in [1.29, 1.82) is 0 Å². The van der Waals surface area contributed by atoms with E-state index in [1.165, 1.54) is 0 Å². The lowest BCUT2D eigenvalue weighted by Crippen LogP contribution is -2.72. The first kappa shape index (κ1) is 19.5. The van der Waals surface area contributed by atoms with Crippen molar-refractivity contribution in [3.63, 3.8) is 0 Å². The van der Waals surface area contributed by atoms with E-state index in [0.29, 0.717) is 24.4 Å². The number of carbonyl (C=O) groups excluding carboxylic acids is 1. The molecule has 3 N–H and O–H groups in total. The van der Waals surface area contributed by atoms with Crippen LogP contribution in [0.1, 0.15) is 68.4 Å². The SMILES string of the molecule is C[C@H]1CC[C@H]2C(C)(C)C(Cl)C(O)C[C@]23Oc2c(cc(O)c4c2CNC4=O)C[C@]13C. The number of hydrogen-bond acceptors (Lipinski definition) is 4. The molecule has 1 amide bonds. The molecule has 2 heterocycles. The number of halogens is 1. The number of rotatable bonds is 0. The molecule has 2 fully saturated rings. The van der Waals surface area contributed by atoms with E-state index in [9.17, 15) is 15.0 Å². The Morgan fingerprint density at radius 1 is 1.28 bits per heavy atom. The maximum Gasteiger partial charge on any atom is 0.255 e. The van der Waals surface area contributed by atoms with E-state index in [1.807, 2.05) is 0 Å². The average molecular weight is 420 g/mol. The van der Waals surface area contributed by atoms with Crippen molar-refractivity contribution in [2.24, 2.45) is 22.7 Å². The Hall–Kier alpha value is -1.46. The van der Waals surface area contributed by atoms with Gasteiger partial charge >= 0.3 is 0 Å². The Morgan fingerprint density at radius 3 is 2.72 bits per heavy atom. The third-order valence-corrected chi connectivity index (χ3v) is 9.75. The molecule has 2 unspecified atom stereocenters. The summed E-state index contributed by atoms with van der Waals surface area (Å²) in [5.41, 5.74) is 0.996. The molecule has 2 saturated carbocycles. The van der Waals surface area contributed by atoms with Gasteiger partial charge in [-0.1, -0.05) is 27.7 Å². The minimum absolute atomic E-state index is 0.0294. The maximum absolute atomic E-state index is 12.3. The van der Waals surface area contributed by atoms with Crippen LogP contribution >= 0.6 is 11.6 Å². The highest BCUT2D eigenvalue weighted by Gasteiger charge is 2.69. The van der Waals surface area contributed by atoms with Gasteiger partial charge in [0.05, 0.1) is 17.0 Å². The molecule has 4 aliphatic rings. The first-order valence-corrected chi connectivity index (χ1v) is 11.1. The van der Waals surface area contributed by atoms with E-state index in [-0.39, 0.29) is 33.8 Å². The lowest BCUT2D eigenvalue weighted by atomic mass is 9.43. The highest BCUT2D eigenvalue weighted by Crippen LogP contribution is 2.67. The number of phenols is 1. The summed E-state index contributed by atoms with van der Waals surface area (Å²) in [6, 6.07) is 1.71. The lowest BCUT2D eigenvalue weighted by Gasteiger charge is -2.67. The summed E-state index contributed by atoms with van der Waals surface area (Å²) in [7, 11) is 0. The second-order valence-corrected chi connectivity index (χ2v) is 11.0. The zero-order chi connectivity index (χ0) is 20.9. The first-order valence-electron chi connectivity index (χ1n) is 10.7. The molecule has 0 aromatic heterocycles. The topological polar surface area (TPSA) is 78.8 Å². The van der Waals surface area contributed by atoms with Crippen molar-refractivity contribution in [3.8, 4) is 11.5 Å². The smallest absolute Gasteiger partial charge is 0.255 e. The largest absolute Gasteiger partial charge is 0.507 e. The van der Waals surface area contributed by atoms with Crippen molar-refractivity contribution in [2.75, 3.05) is 0 Å². The molecule has 1 aromatic carbocycles. The number of nitrogens with one attached hydrogen (secondary N) is 1. The molecule has 5 rings (SSSR count). The summed E-state index contributed by atoms with van der Waals surface area (Å²) in [6.07, 6.45) is 2.69. The fraction of sp³-hybridized carbons (Fsp3) is 0.696. The van der Waals surface area contributed by atoms with Crippen molar-refractivity contribution >= 4 is 17.5 Å². The molecule has 158 valence electrons. The number of alkyl halides is 1. The summed E-state index contributed by atoms with van der Waals surface area (Å²) >= 11 is 6.73. The lowest BCUT2D eigenvalue weighted by molar-refractivity contribution is -0.228. The van der Waals surface area contributed by atoms with Crippen LogP contribution in [0.4, 0.5) is 0 Å². The van der Waals surface area contributed by atoms with Gasteiger partial charge in [-0.3, -0.25) is 4.79 Å². The molecular formula is C23H30ClNO4. The number of aliphatic hydroxyl groups is 1. The predicted octanol–water partition coefficient (Wildman–Crippen LogP) is 3.76. The van der Waals surface area contributed by atoms with Crippen LogP contribution < -0.4 is 10.1 Å². The van der Waals surface area contributed by atoms with E-state index in [4.69, 9.17) is 16.3 Å². The molecule has 6 atom stereocenters. The summed E-state index contributed by atoms with van der Waals surface area (Å²) in [5, 5.41) is 24.0. The van der Waals surface area contributed by atoms with E-state index >= 15 is 0 Å². The Balaban J connectivity index is 1.74. The van der Waals surface area contributed by atoms with Crippen LogP contribution in [0.15, 0.2) is 6.07 Å². The summed E-state index contributed by atoms with van der Waals surface area (Å²) in [4.78, 5) is 12.3. The minimum Gasteiger partial charge on any atom is -0.507 e. The molecule has 0 bridgehead atoms. The van der Waals surface area contributed by atoms with Crippen molar-refractivity contribution in [1.82, 2.24) is 5.32 Å². The summed E-state index contributed by atoms with van der Waals surface area (Å²) in [5.74, 6) is 1.10. The Bertz CT molecular complexity index is 915. The number of hydrogen-bond donors (Lipinski definition) is 3. The van der Waals surface area contributed by atoms with Gasteiger partial charge in [-0.25, -0.2) is 0 Å². The van der Waals surface area contributed by atoms with Gasteiger partial charge in [0.1, 0.15) is 17.1 Å². The molecule has 1 spiro atoms. The predicted molar refractivity (Wildman–Crippen MR) is 110 cm³/mol. The molecule has 0 saturated heterocycles. The summed E-state index contributed by atoms with van der Waals surface area (Å²) in [6.45, 7) is 9.22. The number of aliphatic hydroxyl groups excluding tert-OH is 1. The Labute approximate surface area is 176 Å².